The van der Waals surface area contributed by atoms with Gasteiger partial charge < -0.3 is 29.7 Å². The van der Waals surface area contributed by atoms with Gasteiger partial charge in [0.05, 0.1) is 34.4 Å². The highest BCUT2D eigenvalue weighted by molar-refractivity contribution is 9.10. The maximum atomic E-state index is 15.1. The van der Waals surface area contributed by atoms with Gasteiger partial charge in [-0.15, -0.1) is 0 Å². The summed E-state index contributed by atoms with van der Waals surface area (Å²) in [6.07, 6.45) is 10.3. The second-order valence-electron chi connectivity index (χ2n) is 17.7. The van der Waals surface area contributed by atoms with E-state index in [4.69, 9.17) is 14.7 Å². The number of piperidine rings is 2. The Morgan fingerprint density at radius 1 is 0.909 bits per heavy atom. The predicted octanol–water partition coefficient (Wildman–Crippen LogP) is 8.34. The first kappa shape index (κ1) is 45.9. The molecule has 66 heavy (non-hydrogen) atoms. The number of nitrogens with one attached hydrogen (secondary N) is 3. The van der Waals surface area contributed by atoms with Gasteiger partial charge in [0.1, 0.15) is 30.3 Å². The fourth-order valence-corrected chi connectivity index (χ4v) is 13.0. The fraction of sp³-hybridized carbons (Fsp3) is 0.408. The van der Waals surface area contributed by atoms with Crippen molar-refractivity contribution in [1.29, 1.82) is 0 Å². The first-order valence-corrected chi connectivity index (χ1v) is 25.7. The standard InChI is InChI=1S/C49H55BrF2N9O4P/c1-4-32-27-41(56-49-53-29-36(50)47(58-49)55-40-11-10-39-34(8-7-30(2)54-39)46(40)66(64)23-5-6-24-66)43(65-3)28-42(32)61-17-14-33(15-18-61)60-21-19-59(20-22-60)16-13-31-25-37(51)45(38(52)26-31)35-9-12-44(62)57-48(35)63/h5-8,10-11,25-29,33,35H,4,9,12-24H2,1-3H3,(H,57,62,63)(H2,53,55,56,58). The average molecular weight is 983 g/mol. The lowest BCUT2D eigenvalue weighted by atomic mass is 9.89. The Morgan fingerprint density at radius 2 is 1.65 bits per heavy atom. The highest BCUT2D eigenvalue weighted by atomic mass is 79.9. The molecule has 2 aromatic heterocycles. The quantitative estimate of drug-likeness (QED) is 0.0593. The SMILES string of the molecule is CCc1cc(Nc2ncc(Br)c(Nc3ccc4nc(C)ccc4c3P3(=O)CC=CC3)n2)c(OC)cc1N1CCC(N2CCN(CCc3cc(F)c(C4CCC(=O)NC4=O)c(F)c3)CC2)CC1. The minimum atomic E-state index is -2.75. The van der Waals surface area contributed by atoms with Crippen LogP contribution >= 0.6 is 23.1 Å². The number of rotatable bonds is 13. The lowest BCUT2D eigenvalue weighted by Gasteiger charge is -2.43. The van der Waals surface area contributed by atoms with Crippen molar-refractivity contribution in [3.05, 3.63) is 105 Å². The summed E-state index contributed by atoms with van der Waals surface area (Å²) < 4.78 is 51.2. The number of benzene rings is 3. The van der Waals surface area contributed by atoms with E-state index in [2.05, 4.69) is 70.6 Å². The number of carbonyl (C=O) groups is 2. The maximum Gasteiger partial charge on any atom is 0.234 e. The van der Waals surface area contributed by atoms with Crippen LogP contribution in [0, 0.1) is 18.6 Å². The molecule has 0 bridgehead atoms. The van der Waals surface area contributed by atoms with Gasteiger partial charge in [-0.2, -0.15) is 4.98 Å². The first-order chi connectivity index (χ1) is 31.9. The van der Waals surface area contributed by atoms with Crippen LogP contribution < -0.4 is 30.9 Å². The maximum absolute atomic E-state index is 15.1. The second kappa shape index (κ2) is 19.5. The number of piperazine rings is 1. The van der Waals surface area contributed by atoms with Crippen LogP contribution in [-0.4, -0.2) is 108 Å². The second-order valence-corrected chi connectivity index (χ2v) is 21.5. The van der Waals surface area contributed by atoms with Crippen molar-refractivity contribution < 1.29 is 27.7 Å². The minimum Gasteiger partial charge on any atom is -0.494 e. The molecule has 0 saturated carbocycles. The number of nitrogens with zero attached hydrogens (tertiary/aromatic N) is 6. The summed E-state index contributed by atoms with van der Waals surface area (Å²) >= 11 is 3.64. The number of aromatic nitrogens is 3. The molecular weight excluding hydrogens is 927 g/mol. The van der Waals surface area contributed by atoms with Gasteiger partial charge in [0.15, 0.2) is 0 Å². The zero-order valence-corrected chi connectivity index (χ0v) is 40.0. The lowest BCUT2D eigenvalue weighted by molar-refractivity contribution is -0.134. The highest BCUT2D eigenvalue weighted by Gasteiger charge is 2.34. The Kier molecular flexibility index (Phi) is 13.6. The number of imide groups is 1. The van der Waals surface area contributed by atoms with Crippen LogP contribution in [0.3, 0.4) is 0 Å². The third-order valence-electron chi connectivity index (χ3n) is 13.6. The molecule has 9 rings (SSSR count). The number of amides is 2. The van der Waals surface area contributed by atoms with Gasteiger partial charge in [0.25, 0.3) is 0 Å². The molecule has 346 valence electrons. The fourth-order valence-electron chi connectivity index (χ4n) is 9.99. The number of pyridine rings is 1. The van der Waals surface area contributed by atoms with Crippen LogP contribution in [0.15, 0.2) is 71.4 Å². The van der Waals surface area contributed by atoms with Crippen LogP contribution in [0.4, 0.5) is 37.6 Å². The molecule has 0 aliphatic carbocycles. The van der Waals surface area contributed by atoms with Crippen molar-refractivity contribution in [2.45, 2.75) is 64.3 Å². The van der Waals surface area contributed by atoms with Gasteiger partial charge in [-0.25, -0.2) is 13.8 Å². The molecule has 1 unspecified atom stereocenters. The zero-order valence-electron chi connectivity index (χ0n) is 37.5. The summed E-state index contributed by atoms with van der Waals surface area (Å²) in [5, 5.41) is 10.8. The van der Waals surface area contributed by atoms with Crippen LogP contribution in [0.5, 0.6) is 5.75 Å². The van der Waals surface area contributed by atoms with Crippen LogP contribution in [0.2, 0.25) is 0 Å². The van der Waals surface area contributed by atoms with Crippen molar-refractivity contribution in [3.8, 4) is 5.75 Å². The van der Waals surface area contributed by atoms with Gasteiger partial charge in [-0.1, -0.05) is 25.1 Å². The van der Waals surface area contributed by atoms with E-state index in [0.29, 0.717) is 58.9 Å². The van der Waals surface area contributed by atoms with Crippen molar-refractivity contribution in [2.24, 2.45) is 0 Å². The molecular formula is C49H55BrF2N9O4P. The molecule has 0 spiro atoms. The summed E-state index contributed by atoms with van der Waals surface area (Å²) in [5.41, 5.74) is 5.85. The van der Waals surface area contributed by atoms with Crippen LogP contribution in [0.25, 0.3) is 10.9 Å². The number of aryl methyl sites for hydroxylation is 2. The molecule has 3 saturated heterocycles. The van der Waals surface area contributed by atoms with Gasteiger partial charge in [-0.3, -0.25) is 24.8 Å². The number of methoxy groups -OCH3 is 1. The molecule has 3 fully saturated rings. The number of hydrogen-bond donors (Lipinski definition) is 3. The van der Waals surface area contributed by atoms with E-state index in [1.807, 2.05) is 43.3 Å². The predicted molar refractivity (Wildman–Crippen MR) is 260 cm³/mol. The molecule has 3 N–H and O–H groups in total. The van der Waals surface area contributed by atoms with E-state index in [1.165, 1.54) is 17.7 Å². The number of halogens is 3. The van der Waals surface area contributed by atoms with Gasteiger partial charge >= 0.3 is 0 Å². The third kappa shape index (κ3) is 9.60. The Balaban J connectivity index is 0.814. The van der Waals surface area contributed by atoms with Gasteiger partial charge in [0, 0.05) is 110 Å². The van der Waals surface area contributed by atoms with Crippen molar-refractivity contribution in [2.75, 3.05) is 80.8 Å². The van der Waals surface area contributed by atoms with Crippen molar-refractivity contribution in [3.63, 3.8) is 0 Å². The summed E-state index contributed by atoms with van der Waals surface area (Å²) in [6.45, 7) is 10.3. The number of allylic oxidation sites excluding steroid dienone is 2. The molecule has 4 aliphatic heterocycles. The van der Waals surface area contributed by atoms with Crippen molar-refractivity contribution >= 4 is 79.9 Å². The van der Waals surface area contributed by atoms with E-state index in [-0.39, 0.29) is 18.4 Å². The van der Waals surface area contributed by atoms with Crippen LogP contribution in [0.1, 0.15) is 60.9 Å². The number of anilines is 5. The molecule has 0 radical (unpaired) electrons. The van der Waals surface area contributed by atoms with E-state index in [0.717, 1.165) is 97.5 Å². The molecule has 2 amide bonds. The van der Waals surface area contributed by atoms with Crippen LogP contribution in [-0.2, 0) is 27.0 Å². The highest BCUT2D eigenvalue weighted by Crippen LogP contribution is 2.52. The normalized spacial score (nSPS) is 19.4. The topological polar surface area (TPSA) is 145 Å². The molecule has 4 aliphatic rings. The average Bonchev–Trinajstić information content (AvgIpc) is 3.76. The lowest BCUT2D eigenvalue weighted by Crippen LogP contribution is -2.53. The first-order valence-electron chi connectivity index (χ1n) is 22.8. The van der Waals surface area contributed by atoms with E-state index >= 15 is 8.78 Å². The molecule has 6 heterocycles. The van der Waals surface area contributed by atoms with Gasteiger partial charge in [0.2, 0.25) is 17.8 Å². The molecule has 5 aromatic rings. The minimum absolute atomic E-state index is 0.0645. The smallest absolute Gasteiger partial charge is 0.234 e. The van der Waals surface area contributed by atoms with E-state index < -0.39 is 36.5 Å². The number of ether oxygens (including phenoxy) is 1. The molecule has 13 nitrogen and oxygen atoms in total. The largest absolute Gasteiger partial charge is 0.494 e. The molecule has 1 atom stereocenters. The number of carbonyl (C=O) groups excluding carboxylic acids is 2. The molecule has 17 heteroatoms. The Bertz CT molecular complexity index is 2720. The van der Waals surface area contributed by atoms with E-state index in [9.17, 15) is 14.2 Å². The monoisotopic (exact) mass is 981 g/mol. The zero-order chi connectivity index (χ0) is 46.1. The Morgan fingerprint density at radius 3 is 2.35 bits per heavy atom. The summed E-state index contributed by atoms with van der Waals surface area (Å²) in [7, 11) is -1.08. The Hall–Kier alpha value is -5.28. The summed E-state index contributed by atoms with van der Waals surface area (Å²) in [6, 6.07) is 15.3. The summed E-state index contributed by atoms with van der Waals surface area (Å²) in [5.74, 6) is -1.92. The number of fused-ring (bicyclic) bond motifs is 1. The summed E-state index contributed by atoms with van der Waals surface area (Å²) in [4.78, 5) is 45.4. The third-order valence-corrected chi connectivity index (χ3v) is 17.0. The Labute approximate surface area is 392 Å². The van der Waals surface area contributed by atoms with Gasteiger partial charge in [-0.05, 0) is 102 Å². The number of hydrogen-bond acceptors (Lipinski definition) is 12. The van der Waals surface area contributed by atoms with E-state index in [1.54, 1.807) is 13.3 Å². The van der Waals surface area contributed by atoms with Crippen molar-refractivity contribution in [1.82, 2.24) is 30.1 Å². The molecule has 3 aromatic carbocycles.